The molecule has 0 atom stereocenters. The number of nitro benzene ring substituents is 1. The van der Waals surface area contributed by atoms with E-state index in [0.29, 0.717) is 0 Å². The van der Waals surface area contributed by atoms with Gasteiger partial charge in [0.25, 0.3) is 5.69 Å². The van der Waals surface area contributed by atoms with E-state index >= 15 is 0 Å². The van der Waals surface area contributed by atoms with Gasteiger partial charge in [-0.05, 0) is 6.07 Å². The van der Waals surface area contributed by atoms with Crippen molar-refractivity contribution in [3.63, 3.8) is 0 Å². The van der Waals surface area contributed by atoms with Crippen molar-refractivity contribution in [1.29, 1.82) is 0 Å². The van der Waals surface area contributed by atoms with Gasteiger partial charge in [-0.1, -0.05) is 15.9 Å². The minimum absolute atomic E-state index is 0.0112. The van der Waals surface area contributed by atoms with E-state index in [1.807, 2.05) is 0 Å². The average Bonchev–Trinajstić information content (AvgIpc) is 2.35. The third kappa shape index (κ3) is 3.60. The number of ether oxygens (including phenoxy) is 2. The molecule has 1 aromatic carbocycles. The number of rotatable bonds is 5. The molecule has 0 aliphatic carbocycles. The molecule has 1 rings (SSSR count). The predicted molar refractivity (Wildman–Crippen MR) is 63.7 cm³/mol. The highest BCUT2D eigenvalue weighted by atomic mass is 79.9. The number of nitrogens with zero attached hydrogens (tertiary/aromatic N) is 1. The van der Waals surface area contributed by atoms with Crippen molar-refractivity contribution in [3.8, 4) is 5.75 Å². The van der Waals surface area contributed by atoms with Gasteiger partial charge in [0.05, 0.1) is 29.2 Å². The largest absolute Gasteiger partial charge is 0.465 e. The van der Waals surface area contributed by atoms with Crippen LogP contribution in [-0.4, -0.2) is 24.6 Å². The summed E-state index contributed by atoms with van der Waals surface area (Å²) in [6.45, 7) is -3.15. The maximum Gasteiger partial charge on any atom is 0.387 e. The Bertz CT molecular complexity index is 509. The highest BCUT2D eigenvalue weighted by molar-refractivity contribution is 9.08. The van der Waals surface area contributed by atoms with Crippen LogP contribution < -0.4 is 4.74 Å². The Labute approximate surface area is 114 Å². The average molecular weight is 340 g/mol. The fraction of sp³-hybridized carbons (Fsp3) is 0.300. The molecule has 0 spiro atoms. The molecule has 104 valence electrons. The van der Waals surface area contributed by atoms with Crippen molar-refractivity contribution in [2.45, 2.75) is 11.9 Å². The minimum atomic E-state index is -3.15. The summed E-state index contributed by atoms with van der Waals surface area (Å²) in [5.74, 6) is -1.36. The van der Waals surface area contributed by atoms with E-state index < -0.39 is 28.9 Å². The first-order valence-corrected chi connectivity index (χ1v) is 5.93. The van der Waals surface area contributed by atoms with Gasteiger partial charge in [-0.15, -0.1) is 0 Å². The topological polar surface area (TPSA) is 78.7 Å². The second-order valence-electron chi connectivity index (χ2n) is 3.23. The Morgan fingerprint density at radius 1 is 1.53 bits per heavy atom. The van der Waals surface area contributed by atoms with E-state index in [1.165, 1.54) is 0 Å². The second kappa shape index (κ2) is 6.41. The molecule has 0 saturated carbocycles. The number of esters is 1. The van der Waals surface area contributed by atoms with Gasteiger partial charge in [0.1, 0.15) is 5.75 Å². The fourth-order valence-electron chi connectivity index (χ4n) is 1.40. The monoisotopic (exact) mass is 339 g/mol. The Kier molecular flexibility index (Phi) is 5.16. The highest BCUT2D eigenvalue weighted by Crippen LogP contribution is 2.31. The van der Waals surface area contributed by atoms with Gasteiger partial charge >= 0.3 is 12.6 Å². The molecule has 0 saturated heterocycles. The van der Waals surface area contributed by atoms with Crippen molar-refractivity contribution < 1.29 is 28.0 Å². The Balaban J connectivity index is 3.44. The third-order valence-corrected chi connectivity index (χ3v) is 2.72. The molecule has 0 aliphatic rings. The van der Waals surface area contributed by atoms with Crippen LogP contribution in [0.15, 0.2) is 12.1 Å². The van der Waals surface area contributed by atoms with Gasteiger partial charge in [0.15, 0.2) is 0 Å². The van der Waals surface area contributed by atoms with Crippen molar-refractivity contribution >= 4 is 27.6 Å². The fourth-order valence-corrected chi connectivity index (χ4v) is 1.99. The van der Waals surface area contributed by atoms with E-state index in [2.05, 4.69) is 25.4 Å². The number of halogens is 3. The lowest BCUT2D eigenvalue weighted by molar-refractivity contribution is -0.385. The van der Waals surface area contributed by atoms with E-state index in [-0.39, 0.29) is 16.5 Å². The zero-order chi connectivity index (χ0) is 14.6. The van der Waals surface area contributed by atoms with Crippen LogP contribution in [0.2, 0.25) is 0 Å². The summed E-state index contributed by atoms with van der Waals surface area (Å²) in [4.78, 5) is 21.6. The standard InChI is InChI=1S/C10H8BrF2NO5/c1-18-9(15)6-2-5(19-10(12)13)3-8(14(16)17)7(6)4-11/h2-3,10H,4H2,1H3. The van der Waals surface area contributed by atoms with Crippen LogP contribution in [0.1, 0.15) is 15.9 Å². The number of hydrogen-bond acceptors (Lipinski definition) is 5. The molecule has 19 heavy (non-hydrogen) atoms. The van der Waals surface area contributed by atoms with Crippen molar-refractivity contribution in [2.24, 2.45) is 0 Å². The molecule has 1 aromatic rings. The quantitative estimate of drug-likeness (QED) is 0.356. The molecule has 0 heterocycles. The number of carbonyl (C=O) groups excluding carboxylic acids is 1. The smallest absolute Gasteiger partial charge is 0.387 e. The second-order valence-corrected chi connectivity index (χ2v) is 3.79. The Hall–Kier alpha value is -1.77. The molecule has 0 amide bonds. The number of carbonyl (C=O) groups is 1. The summed E-state index contributed by atoms with van der Waals surface area (Å²) in [7, 11) is 1.08. The van der Waals surface area contributed by atoms with Crippen LogP contribution in [-0.2, 0) is 10.1 Å². The van der Waals surface area contributed by atoms with Crippen LogP contribution in [0.5, 0.6) is 5.75 Å². The van der Waals surface area contributed by atoms with Crippen LogP contribution in [0, 0.1) is 10.1 Å². The van der Waals surface area contributed by atoms with Gasteiger partial charge in [0.2, 0.25) is 0 Å². The van der Waals surface area contributed by atoms with Gasteiger partial charge in [-0.25, -0.2) is 4.79 Å². The lowest BCUT2D eigenvalue weighted by Gasteiger charge is -2.10. The lowest BCUT2D eigenvalue weighted by Crippen LogP contribution is -2.10. The van der Waals surface area contributed by atoms with E-state index in [9.17, 15) is 23.7 Å². The summed E-state index contributed by atoms with van der Waals surface area (Å²) >= 11 is 3.00. The molecule has 0 radical (unpaired) electrons. The number of nitro groups is 1. The molecule has 0 N–H and O–H groups in total. The number of methoxy groups -OCH3 is 1. The Morgan fingerprint density at radius 2 is 2.16 bits per heavy atom. The summed E-state index contributed by atoms with van der Waals surface area (Å²) in [6, 6.07) is 1.80. The van der Waals surface area contributed by atoms with Crippen LogP contribution in [0.4, 0.5) is 14.5 Å². The molecule has 0 aromatic heterocycles. The van der Waals surface area contributed by atoms with Crippen LogP contribution in [0.25, 0.3) is 0 Å². The van der Waals surface area contributed by atoms with Crippen molar-refractivity contribution in [1.82, 2.24) is 0 Å². The van der Waals surface area contributed by atoms with Crippen LogP contribution in [0.3, 0.4) is 0 Å². The molecular formula is C10H8BrF2NO5. The van der Waals surface area contributed by atoms with E-state index in [0.717, 1.165) is 19.2 Å². The summed E-state index contributed by atoms with van der Waals surface area (Å²) in [6.07, 6.45) is 0. The zero-order valence-corrected chi connectivity index (χ0v) is 11.1. The minimum Gasteiger partial charge on any atom is -0.465 e. The molecule has 0 aliphatic heterocycles. The van der Waals surface area contributed by atoms with Gasteiger partial charge < -0.3 is 9.47 Å². The normalized spacial score (nSPS) is 10.4. The summed E-state index contributed by atoms with van der Waals surface area (Å²) < 4.78 is 32.8. The van der Waals surface area contributed by atoms with Crippen LogP contribution >= 0.6 is 15.9 Å². The molecule has 6 nitrogen and oxygen atoms in total. The first-order chi connectivity index (χ1) is 8.90. The molecule has 0 fully saturated rings. The maximum absolute atomic E-state index is 12.1. The van der Waals surface area contributed by atoms with Crippen molar-refractivity contribution in [2.75, 3.05) is 7.11 Å². The van der Waals surface area contributed by atoms with E-state index in [4.69, 9.17) is 0 Å². The number of alkyl halides is 3. The van der Waals surface area contributed by atoms with Gasteiger partial charge in [0, 0.05) is 5.33 Å². The highest BCUT2D eigenvalue weighted by Gasteiger charge is 2.24. The molecule has 9 heteroatoms. The van der Waals surface area contributed by atoms with Crippen molar-refractivity contribution in [3.05, 3.63) is 33.4 Å². The van der Waals surface area contributed by atoms with Gasteiger partial charge in [-0.2, -0.15) is 8.78 Å². The van der Waals surface area contributed by atoms with E-state index in [1.54, 1.807) is 0 Å². The maximum atomic E-state index is 12.1. The molecule has 0 unspecified atom stereocenters. The Morgan fingerprint density at radius 3 is 2.58 bits per heavy atom. The molecule has 0 bridgehead atoms. The summed E-state index contributed by atoms with van der Waals surface area (Å²) in [5, 5.41) is 10.9. The number of benzene rings is 1. The number of hydrogen-bond donors (Lipinski definition) is 0. The summed E-state index contributed by atoms with van der Waals surface area (Å²) in [5.41, 5.74) is -0.682. The first-order valence-electron chi connectivity index (χ1n) is 4.81. The first kappa shape index (κ1) is 15.3. The zero-order valence-electron chi connectivity index (χ0n) is 9.56. The van der Waals surface area contributed by atoms with Gasteiger partial charge in [-0.3, -0.25) is 10.1 Å². The lowest BCUT2D eigenvalue weighted by atomic mass is 10.1. The predicted octanol–water partition coefficient (Wildman–Crippen LogP) is 2.88. The third-order valence-electron chi connectivity index (χ3n) is 2.16. The molecular weight excluding hydrogens is 332 g/mol. The SMILES string of the molecule is COC(=O)c1cc(OC(F)F)cc([N+](=O)[O-])c1CBr.